The summed E-state index contributed by atoms with van der Waals surface area (Å²) in [6.45, 7) is 14.3. The molecule has 0 bridgehead atoms. The first kappa shape index (κ1) is 16.6. The van der Waals surface area contributed by atoms with Gasteiger partial charge in [-0.2, -0.15) is 0 Å². The van der Waals surface area contributed by atoms with E-state index < -0.39 is 0 Å². The van der Waals surface area contributed by atoms with E-state index in [0.29, 0.717) is 12.4 Å². The van der Waals surface area contributed by atoms with Gasteiger partial charge < -0.3 is 9.80 Å². The van der Waals surface area contributed by atoms with Crippen molar-refractivity contribution in [1.29, 1.82) is 5.41 Å². The standard InChI is InChI=1S/C21H27N3/c1-13-7-15(3)20(16(4)8-13)23-11-19(22)24(12-23)21-17(5)9-14(2)10-18(21)6/h7-10,22H,11-12H2,1-6H3. The van der Waals surface area contributed by atoms with E-state index >= 15 is 0 Å². The molecule has 0 saturated carbocycles. The number of hydrogen-bond acceptors (Lipinski definition) is 2. The molecule has 2 aromatic rings. The first-order chi connectivity index (χ1) is 11.3. The molecule has 1 N–H and O–H groups in total. The van der Waals surface area contributed by atoms with Crippen LogP contribution in [-0.4, -0.2) is 19.0 Å². The van der Waals surface area contributed by atoms with E-state index in [9.17, 15) is 0 Å². The summed E-state index contributed by atoms with van der Waals surface area (Å²) in [5.74, 6) is 0.671. The third kappa shape index (κ3) is 2.79. The first-order valence-electron chi connectivity index (χ1n) is 8.53. The fourth-order valence-corrected chi connectivity index (χ4v) is 4.20. The van der Waals surface area contributed by atoms with Crippen LogP contribution < -0.4 is 9.80 Å². The summed E-state index contributed by atoms with van der Waals surface area (Å²) >= 11 is 0. The Hall–Kier alpha value is -2.29. The van der Waals surface area contributed by atoms with Crippen molar-refractivity contribution >= 4 is 17.2 Å². The zero-order valence-corrected chi connectivity index (χ0v) is 15.6. The lowest BCUT2D eigenvalue weighted by Crippen LogP contribution is -2.28. The van der Waals surface area contributed by atoms with Crippen LogP contribution in [0.15, 0.2) is 24.3 Å². The molecule has 1 aliphatic rings. The molecule has 2 aromatic carbocycles. The molecule has 0 atom stereocenters. The Morgan fingerprint density at radius 2 is 1.12 bits per heavy atom. The fourth-order valence-electron chi connectivity index (χ4n) is 4.20. The fraction of sp³-hybridized carbons (Fsp3) is 0.381. The minimum Gasteiger partial charge on any atom is -0.346 e. The van der Waals surface area contributed by atoms with Crippen molar-refractivity contribution in [2.24, 2.45) is 0 Å². The zero-order valence-electron chi connectivity index (χ0n) is 15.6. The van der Waals surface area contributed by atoms with Crippen molar-refractivity contribution in [3.8, 4) is 0 Å². The number of anilines is 2. The molecule has 3 nitrogen and oxygen atoms in total. The topological polar surface area (TPSA) is 30.3 Å². The molecule has 1 heterocycles. The Kier molecular flexibility index (Phi) is 4.12. The average molecular weight is 321 g/mol. The Bertz CT molecular complexity index is 774. The molecule has 0 aromatic heterocycles. The quantitative estimate of drug-likeness (QED) is 0.861. The van der Waals surface area contributed by atoms with Crippen molar-refractivity contribution < 1.29 is 0 Å². The molecular weight excluding hydrogens is 294 g/mol. The normalized spacial score (nSPS) is 14.7. The monoisotopic (exact) mass is 321 g/mol. The van der Waals surface area contributed by atoms with Crippen molar-refractivity contribution in [3.05, 3.63) is 57.6 Å². The van der Waals surface area contributed by atoms with E-state index in [1.54, 1.807) is 0 Å². The number of rotatable bonds is 2. The van der Waals surface area contributed by atoms with Gasteiger partial charge in [-0.05, 0) is 63.8 Å². The van der Waals surface area contributed by atoms with Gasteiger partial charge in [0.25, 0.3) is 0 Å². The first-order valence-corrected chi connectivity index (χ1v) is 8.53. The highest BCUT2D eigenvalue weighted by atomic mass is 15.4. The van der Waals surface area contributed by atoms with Gasteiger partial charge >= 0.3 is 0 Å². The van der Waals surface area contributed by atoms with Crippen molar-refractivity contribution in [1.82, 2.24) is 0 Å². The maximum Gasteiger partial charge on any atom is 0.122 e. The summed E-state index contributed by atoms with van der Waals surface area (Å²) in [6, 6.07) is 8.88. The number of benzene rings is 2. The molecule has 3 rings (SSSR count). The Morgan fingerprint density at radius 3 is 1.58 bits per heavy atom. The molecule has 0 unspecified atom stereocenters. The van der Waals surface area contributed by atoms with E-state index in [4.69, 9.17) is 5.41 Å². The second-order valence-corrected chi connectivity index (χ2v) is 7.21. The van der Waals surface area contributed by atoms with Crippen molar-refractivity contribution in [2.75, 3.05) is 23.0 Å². The molecule has 1 fully saturated rings. The highest BCUT2D eigenvalue weighted by Gasteiger charge is 2.29. The minimum absolute atomic E-state index is 0.664. The zero-order chi connectivity index (χ0) is 17.6. The van der Waals surface area contributed by atoms with Crippen molar-refractivity contribution in [2.45, 2.75) is 41.5 Å². The number of amidine groups is 1. The van der Waals surface area contributed by atoms with Gasteiger partial charge in [0.05, 0.1) is 13.2 Å². The Morgan fingerprint density at radius 1 is 0.708 bits per heavy atom. The second kappa shape index (κ2) is 5.97. The molecule has 126 valence electrons. The molecule has 3 heteroatoms. The number of aryl methyl sites for hydroxylation is 6. The van der Waals surface area contributed by atoms with Gasteiger partial charge in [-0.25, -0.2) is 0 Å². The van der Waals surface area contributed by atoms with Crippen LogP contribution in [0.2, 0.25) is 0 Å². The van der Waals surface area contributed by atoms with Crippen LogP contribution in [0.25, 0.3) is 0 Å². The van der Waals surface area contributed by atoms with Gasteiger partial charge in [0, 0.05) is 11.4 Å². The van der Waals surface area contributed by atoms with Crippen LogP contribution >= 0.6 is 0 Å². The van der Waals surface area contributed by atoms with Gasteiger partial charge in [0.1, 0.15) is 5.84 Å². The maximum atomic E-state index is 8.54. The lowest BCUT2D eigenvalue weighted by molar-refractivity contribution is 0.936. The van der Waals surface area contributed by atoms with E-state index in [2.05, 4.69) is 75.6 Å². The summed E-state index contributed by atoms with van der Waals surface area (Å²) in [4.78, 5) is 4.48. The van der Waals surface area contributed by atoms with E-state index in [0.717, 1.165) is 6.67 Å². The predicted octanol–water partition coefficient (Wildman–Crippen LogP) is 4.80. The van der Waals surface area contributed by atoms with Crippen LogP contribution in [0.1, 0.15) is 33.4 Å². The molecule has 0 amide bonds. The third-order valence-corrected chi connectivity index (χ3v) is 4.84. The lowest BCUT2D eigenvalue weighted by Gasteiger charge is -2.26. The molecule has 24 heavy (non-hydrogen) atoms. The molecule has 1 aliphatic heterocycles. The SMILES string of the molecule is Cc1cc(C)c(N2CC(=N)N(c3c(C)cc(C)cc3C)C2)c(C)c1. The van der Waals surface area contributed by atoms with Gasteiger partial charge in [0.15, 0.2) is 0 Å². The van der Waals surface area contributed by atoms with Crippen LogP contribution in [0.3, 0.4) is 0 Å². The van der Waals surface area contributed by atoms with Gasteiger partial charge in [0.2, 0.25) is 0 Å². The summed E-state index contributed by atoms with van der Waals surface area (Å²) in [5.41, 5.74) is 10.1. The molecule has 1 saturated heterocycles. The predicted molar refractivity (Wildman–Crippen MR) is 104 cm³/mol. The summed E-state index contributed by atoms with van der Waals surface area (Å²) in [6.07, 6.45) is 0. The highest BCUT2D eigenvalue weighted by molar-refractivity contribution is 6.03. The van der Waals surface area contributed by atoms with Gasteiger partial charge in [-0.15, -0.1) is 0 Å². The number of hydrogen-bond donors (Lipinski definition) is 1. The van der Waals surface area contributed by atoms with E-state index in [-0.39, 0.29) is 0 Å². The van der Waals surface area contributed by atoms with Gasteiger partial charge in [-0.1, -0.05) is 35.4 Å². The Balaban J connectivity index is 1.98. The second-order valence-electron chi connectivity index (χ2n) is 7.21. The van der Waals surface area contributed by atoms with Crippen LogP contribution in [0, 0.1) is 47.0 Å². The van der Waals surface area contributed by atoms with Crippen LogP contribution in [0.5, 0.6) is 0 Å². The average Bonchev–Trinajstić information content (AvgIpc) is 2.78. The van der Waals surface area contributed by atoms with Crippen LogP contribution in [0.4, 0.5) is 11.4 Å². The number of nitrogens with one attached hydrogen (secondary N) is 1. The van der Waals surface area contributed by atoms with Gasteiger partial charge in [-0.3, -0.25) is 5.41 Å². The highest BCUT2D eigenvalue weighted by Crippen LogP contribution is 2.33. The smallest absolute Gasteiger partial charge is 0.122 e. The third-order valence-electron chi connectivity index (χ3n) is 4.84. The van der Waals surface area contributed by atoms with Crippen LogP contribution in [-0.2, 0) is 0 Å². The minimum atomic E-state index is 0.664. The summed E-state index contributed by atoms with van der Waals surface area (Å²) in [7, 11) is 0. The molecular formula is C21H27N3. The van der Waals surface area contributed by atoms with Crippen molar-refractivity contribution in [3.63, 3.8) is 0 Å². The maximum absolute atomic E-state index is 8.54. The largest absolute Gasteiger partial charge is 0.346 e. The molecule has 0 radical (unpaired) electrons. The summed E-state index contributed by atoms with van der Waals surface area (Å²) in [5, 5.41) is 8.54. The molecule has 0 spiro atoms. The molecule has 0 aliphatic carbocycles. The number of nitrogens with zero attached hydrogens (tertiary/aromatic N) is 2. The van der Waals surface area contributed by atoms with E-state index in [1.165, 1.54) is 44.8 Å². The lowest BCUT2D eigenvalue weighted by atomic mass is 10.0. The van der Waals surface area contributed by atoms with E-state index in [1.807, 2.05) is 0 Å². The summed E-state index contributed by atoms with van der Waals surface area (Å²) < 4.78 is 0. The Labute approximate surface area is 145 Å².